The van der Waals surface area contributed by atoms with Gasteiger partial charge in [0, 0.05) is 25.2 Å². The van der Waals surface area contributed by atoms with Crippen molar-refractivity contribution in [1.29, 1.82) is 0 Å². The molecule has 0 bridgehead atoms. The molecule has 0 aliphatic carbocycles. The van der Waals surface area contributed by atoms with E-state index in [0.29, 0.717) is 25.1 Å². The van der Waals surface area contributed by atoms with Crippen LogP contribution in [0.2, 0.25) is 0 Å². The minimum absolute atomic E-state index is 0.191. The summed E-state index contributed by atoms with van der Waals surface area (Å²) in [7, 11) is 0. The number of hydrogen-bond donors (Lipinski definition) is 1. The minimum atomic E-state index is -0.191. The summed E-state index contributed by atoms with van der Waals surface area (Å²) in [5, 5.41) is 3.61. The summed E-state index contributed by atoms with van der Waals surface area (Å²) >= 11 is 0. The second-order valence-electron chi connectivity index (χ2n) is 7.25. The van der Waals surface area contributed by atoms with Crippen molar-refractivity contribution >= 4 is 0 Å². The summed E-state index contributed by atoms with van der Waals surface area (Å²) in [4.78, 5) is 7.13. The normalized spacial score (nSPS) is 21.0. The molecule has 2 aromatic rings. The second kappa shape index (κ2) is 8.23. The molecular weight excluding hydrogens is 345 g/mol. The van der Waals surface area contributed by atoms with Crippen LogP contribution in [0.15, 0.2) is 36.4 Å². The molecular formula is C21H26FN3O2. The zero-order chi connectivity index (χ0) is 18.6. The molecule has 27 heavy (non-hydrogen) atoms. The van der Waals surface area contributed by atoms with Gasteiger partial charge in [0.2, 0.25) is 0 Å². The molecule has 1 saturated heterocycles. The molecule has 0 spiro atoms. The quantitative estimate of drug-likeness (QED) is 0.874. The molecule has 2 atom stereocenters. The van der Waals surface area contributed by atoms with Gasteiger partial charge in [0.15, 0.2) is 5.75 Å². The van der Waals surface area contributed by atoms with Crippen LogP contribution in [0.5, 0.6) is 11.6 Å². The van der Waals surface area contributed by atoms with Crippen molar-refractivity contribution in [2.45, 2.75) is 38.4 Å². The van der Waals surface area contributed by atoms with Gasteiger partial charge in [-0.15, -0.1) is 0 Å². The molecule has 0 radical (unpaired) electrons. The van der Waals surface area contributed by atoms with E-state index < -0.39 is 0 Å². The van der Waals surface area contributed by atoms with E-state index in [0.717, 1.165) is 49.5 Å². The zero-order valence-electron chi connectivity index (χ0n) is 15.7. The first-order chi connectivity index (χ1) is 13.2. The topological polar surface area (TPSA) is 46.6 Å². The number of hydrogen-bond acceptors (Lipinski definition) is 5. The predicted octanol–water partition coefficient (Wildman–Crippen LogP) is 3.31. The van der Waals surface area contributed by atoms with E-state index in [2.05, 4.69) is 22.1 Å². The number of pyridine rings is 1. The van der Waals surface area contributed by atoms with E-state index in [9.17, 15) is 4.39 Å². The molecule has 1 fully saturated rings. The number of nitrogens with one attached hydrogen (secondary N) is 1. The highest BCUT2D eigenvalue weighted by Gasteiger charge is 2.26. The third kappa shape index (κ3) is 4.39. The van der Waals surface area contributed by atoms with Crippen LogP contribution < -0.4 is 14.8 Å². The second-order valence-corrected chi connectivity index (χ2v) is 7.25. The molecule has 0 amide bonds. The van der Waals surface area contributed by atoms with Gasteiger partial charge in [-0.3, -0.25) is 4.90 Å². The predicted molar refractivity (Wildman–Crippen MR) is 101 cm³/mol. The largest absolute Gasteiger partial charge is 0.484 e. The lowest BCUT2D eigenvalue weighted by Crippen LogP contribution is -2.46. The van der Waals surface area contributed by atoms with E-state index in [1.165, 1.54) is 12.1 Å². The summed E-state index contributed by atoms with van der Waals surface area (Å²) in [5.74, 6) is 1.15. The van der Waals surface area contributed by atoms with Crippen LogP contribution >= 0.6 is 0 Å². The van der Waals surface area contributed by atoms with Crippen LogP contribution in [-0.4, -0.2) is 42.2 Å². The molecule has 1 unspecified atom stereocenters. The monoisotopic (exact) mass is 371 g/mol. The standard InChI is InChI=1S/C21H26FN3O2/c1-15(19-8-9-20-21(24-19)27-12-11-26-20)25-10-2-3-18(14-25)23-13-16-4-6-17(22)7-5-16/h4-9,15,18,23H,2-3,10-14H2,1H3/t15?,18-/m0/s1. The fourth-order valence-corrected chi connectivity index (χ4v) is 3.75. The number of fused-ring (bicyclic) bond motifs is 1. The SMILES string of the molecule is CC(c1ccc2c(n1)OCCO2)N1CCC[C@H](NCc2ccc(F)cc2)C1. The van der Waals surface area contributed by atoms with Crippen molar-refractivity contribution < 1.29 is 13.9 Å². The van der Waals surface area contributed by atoms with E-state index in [-0.39, 0.29) is 11.9 Å². The number of likely N-dealkylation sites (tertiary alicyclic amines) is 1. The fourth-order valence-electron chi connectivity index (χ4n) is 3.75. The number of benzene rings is 1. The summed E-state index contributed by atoms with van der Waals surface area (Å²) < 4.78 is 24.2. The first kappa shape index (κ1) is 18.2. The maximum Gasteiger partial charge on any atom is 0.257 e. The molecule has 6 heteroatoms. The Bertz CT molecular complexity index is 769. The van der Waals surface area contributed by atoms with E-state index in [1.54, 1.807) is 0 Å². The molecule has 144 valence electrons. The van der Waals surface area contributed by atoms with E-state index >= 15 is 0 Å². The van der Waals surface area contributed by atoms with E-state index in [1.807, 2.05) is 24.3 Å². The van der Waals surface area contributed by atoms with Crippen LogP contribution in [-0.2, 0) is 6.54 Å². The van der Waals surface area contributed by atoms with Gasteiger partial charge in [-0.05, 0) is 56.1 Å². The molecule has 2 aliphatic heterocycles. The van der Waals surface area contributed by atoms with Gasteiger partial charge in [0.1, 0.15) is 19.0 Å². The molecule has 3 heterocycles. The lowest BCUT2D eigenvalue weighted by atomic mass is 10.0. The Hall–Kier alpha value is -2.18. The number of piperidine rings is 1. The van der Waals surface area contributed by atoms with Crippen molar-refractivity contribution in [3.8, 4) is 11.6 Å². The Morgan fingerprint density at radius 1 is 1.19 bits per heavy atom. The first-order valence-corrected chi connectivity index (χ1v) is 9.67. The molecule has 1 aromatic carbocycles. The van der Waals surface area contributed by atoms with Gasteiger partial charge >= 0.3 is 0 Å². The molecule has 2 aliphatic rings. The highest BCUT2D eigenvalue weighted by Crippen LogP contribution is 2.31. The Balaban J connectivity index is 1.36. The molecule has 4 rings (SSSR count). The van der Waals surface area contributed by atoms with Gasteiger partial charge in [-0.1, -0.05) is 12.1 Å². The lowest BCUT2D eigenvalue weighted by molar-refractivity contribution is 0.138. The fraction of sp³-hybridized carbons (Fsp3) is 0.476. The number of rotatable bonds is 5. The third-order valence-electron chi connectivity index (χ3n) is 5.36. The first-order valence-electron chi connectivity index (χ1n) is 9.67. The number of aromatic nitrogens is 1. The van der Waals surface area contributed by atoms with Crippen molar-refractivity contribution in [2.75, 3.05) is 26.3 Å². The van der Waals surface area contributed by atoms with Gasteiger partial charge in [0.25, 0.3) is 5.88 Å². The van der Waals surface area contributed by atoms with E-state index in [4.69, 9.17) is 9.47 Å². The van der Waals surface area contributed by atoms with Gasteiger partial charge in [-0.2, -0.15) is 0 Å². The van der Waals surface area contributed by atoms with Crippen molar-refractivity contribution in [1.82, 2.24) is 15.2 Å². The van der Waals surface area contributed by atoms with Crippen molar-refractivity contribution in [2.24, 2.45) is 0 Å². The Morgan fingerprint density at radius 2 is 2.00 bits per heavy atom. The van der Waals surface area contributed by atoms with Gasteiger partial charge in [-0.25, -0.2) is 9.37 Å². The van der Waals surface area contributed by atoms with Crippen LogP contribution in [0.3, 0.4) is 0 Å². The minimum Gasteiger partial charge on any atom is -0.484 e. The Labute approximate surface area is 159 Å². The smallest absolute Gasteiger partial charge is 0.257 e. The summed E-state index contributed by atoms with van der Waals surface area (Å²) in [6, 6.07) is 11.3. The van der Waals surface area contributed by atoms with Crippen LogP contribution in [0.25, 0.3) is 0 Å². The third-order valence-corrected chi connectivity index (χ3v) is 5.36. The maximum atomic E-state index is 13.0. The highest BCUT2D eigenvalue weighted by molar-refractivity contribution is 5.36. The van der Waals surface area contributed by atoms with Crippen molar-refractivity contribution in [3.63, 3.8) is 0 Å². The summed E-state index contributed by atoms with van der Waals surface area (Å²) in [6.07, 6.45) is 2.30. The average molecular weight is 371 g/mol. The van der Waals surface area contributed by atoms with Gasteiger partial charge in [0.05, 0.1) is 5.69 Å². The van der Waals surface area contributed by atoms with Gasteiger partial charge < -0.3 is 14.8 Å². The van der Waals surface area contributed by atoms with Crippen molar-refractivity contribution in [3.05, 3.63) is 53.5 Å². The maximum absolute atomic E-state index is 13.0. The highest BCUT2D eigenvalue weighted by atomic mass is 19.1. The number of halogens is 1. The summed E-state index contributed by atoms with van der Waals surface area (Å²) in [5.41, 5.74) is 2.12. The van der Waals surface area contributed by atoms with Crippen LogP contribution in [0.4, 0.5) is 4.39 Å². The number of nitrogens with zero attached hydrogens (tertiary/aromatic N) is 2. The lowest BCUT2D eigenvalue weighted by Gasteiger charge is -2.37. The van der Waals surface area contributed by atoms with Crippen LogP contribution in [0, 0.1) is 5.82 Å². The molecule has 1 N–H and O–H groups in total. The molecule has 5 nitrogen and oxygen atoms in total. The molecule has 1 aromatic heterocycles. The molecule has 0 saturated carbocycles. The Kier molecular flexibility index (Phi) is 5.55. The average Bonchev–Trinajstić information content (AvgIpc) is 2.72. The zero-order valence-corrected chi connectivity index (χ0v) is 15.7. The Morgan fingerprint density at radius 3 is 2.85 bits per heavy atom. The number of ether oxygens (including phenoxy) is 2. The van der Waals surface area contributed by atoms with Crippen LogP contribution in [0.1, 0.15) is 37.1 Å². The summed E-state index contributed by atoms with van der Waals surface area (Å²) in [6.45, 7) is 6.12.